The molecule has 0 saturated heterocycles. The summed E-state index contributed by atoms with van der Waals surface area (Å²) >= 11 is 0. The first-order chi connectivity index (χ1) is 9.52. The van der Waals surface area contributed by atoms with E-state index in [1.165, 1.54) is 25.7 Å². The summed E-state index contributed by atoms with van der Waals surface area (Å²) in [6, 6.07) is 0. The molecule has 0 amide bonds. The molecule has 2 aliphatic carbocycles. The smallest absolute Gasteiger partial charge is 0.389 e. The second-order valence-electron chi connectivity index (χ2n) is 4.80. The van der Waals surface area contributed by atoms with Gasteiger partial charge in [0.2, 0.25) is 0 Å². The van der Waals surface area contributed by atoms with Crippen molar-refractivity contribution in [3.8, 4) is 0 Å². The van der Waals surface area contributed by atoms with Gasteiger partial charge in [0.05, 0.1) is 12.2 Å². The van der Waals surface area contributed by atoms with E-state index in [9.17, 15) is 0 Å². The van der Waals surface area contributed by atoms with Crippen LogP contribution in [0.4, 0.5) is 0 Å². The first-order valence-electron chi connectivity index (χ1n) is 7.05. The van der Waals surface area contributed by atoms with Crippen molar-refractivity contribution in [1.29, 1.82) is 0 Å². The molecular weight excluding hydrogens is 382 g/mol. The summed E-state index contributed by atoms with van der Waals surface area (Å²) in [4.78, 5) is 8.36. The van der Waals surface area contributed by atoms with Gasteiger partial charge in [0, 0.05) is 0 Å². The van der Waals surface area contributed by atoms with Crippen LogP contribution in [0.1, 0.15) is 51.4 Å². The van der Waals surface area contributed by atoms with Crippen molar-refractivity contribution in [3.05, 3.63) is 41.8 Å². The van der Waals surface area contributed by atoms with Crippen LogP contribution in [0.3, 0.4) is 0 Å². The average molecular weight is 410 g/mol. The van der Waals surface area contributed by atoms with Gasteiger partial charge in [0.15, 0.2) is 0 Å². The number of hydrogen-bond acceptors (Lipinski definition) is 4. The maximum atomic E-state index is 9.00. The molecule has 2 aliphatic rings. The van der Waals surface area contributed by atoms with E-state index >= 15 is 0 Å². The van der Waals surface area contributed by atoms with Crippen LogP contribution < -0.4 is 0 Å². The topological polar surface area (TPSA) is 104 Å². The zero-order chi connectivity index (χ0) is 15.2. The summed E-state index contributed by atoms with van der Waals surface area (Å²) in [7, 11) is 0. The molecule has 0 saturated carbocycles. The third-order valence-electron chi connectivity index (χ3n) is 2.96. The van der Waals surface area contributed by atoms with E-state index in [4.69, 9.17) is 25.5 Å². The van der Waals surface area contributed by atoms with E-state index in [1.807, 2.05) is 12.2 Å². The van der Waals surface area contributed by atoms with Gasteiger partial charge >= 0.3 is 22.4 Å². The maximum absolute atomic E-state index is 9.00. The second kappa shape index (κ2) is 18.4. The van der Waals surface area contributed by atoms with Crippen molar-refractivity contribution < 1.29 is 42.9 Å². The number of aliphatic hydroxyl groups is 2. The minimum absolute atomic E-state index is 0. The Balaban J connectivity index is -0.000000249. The molecule has 0 heterocycles. The van der Waals surface area contributed by atoms with Gasteiger partial charge in [-0.05, 0) is 38.5 Å². The van der Waals surface area contributed by atoms with E-state index in [0.29, 0.717) is 0 Å². The van der Waals surface area contributed by atoms with Crippen LogP contribution >= 0.6 is 0 Å². The summed E-state index contributed by atoms with van der Waals surface area (Å²) in [6.07, 6.45) is 16.7. The number of rotatable bonds is 0. The Bertz CT molecular complexity index is 282. The third-order valence-corrected chi connectivity index (χ3v) is 2.96. The maximum Gasteiger partial charge on any atom is 1.00 e. The summed E-state index contributed by atoms with van der Waals surface area (Å²) < 4.78 is 0. The minimum atomic E-state index is -1.50. The molecule has 6 nitrogen and oxygen atoms in total. The normalized spacial score (nSPS) is 22.8. The summed E-state index contributed by atoms with van der Waals surface area (Å²) in [5.74, 6) is 0. The molecule has 134 valence electrons. The largest absolute Gasteiger partial charge is 1.00 e. The average Bonchev–Trinajstić information content (AvgIpc) is 2.74. The van der Waals surface area contributed by atoms with Crippen molar-refractivity contribution in [2.75, 3.05) is 0 Å². The Morgan fingerprint density at radius 1 is 0.909 bits per heavy atom. The third kappa shape index (κ3) is 21.6. The quantitative estimate of drug-likeness (QED) is 0.187. The van der Waals surface area contributed by atoms with Crippen molar-refractivity contribution >= 4 is 0 Å². The van der Waals surface area contributed by atoms with Crippen LogP contribution in [0, 0.1) is 17.5 Å². The molecule has 2 atom stereocenters. The molecule has 0 aromatic carbocycles. The van der Waals surface area contributed by atoms with E-state index in [-0.39, 0.29) is 42.0 Å². The molecule has 22 heavy (non-hydrogen) atoms. The molecule has 0 aliphatic heterocycles. The van der Waals surface area contributed by atoms with Gasteiger partial charge in [-0.25, -0.2) is 0 Å². The van der Waals surface area contributed by atoms with Gasteiger partial charge in [-0.1, -0.05) is 37.1 Å². The number of aliphatic hydroxyl groups excluding tert-OH is 2. The molecule has 0 spiro atoms. The standard InChI is InChI=1S/2C7H12O.CH3.Ag.HNO3/c2*8-7-5-3-1-2-4-6-7;;;2-1(3)4/h2*3,5,7-8H,1-2,4,6H2;1H3;;(H,2,3,4)/q;;-1;+1;. The first kappa shape index (κ1) is 26.2. The SMILES string of the molecule is O=[N+]([O-])O.OC1C=CCCCC1.OC1C=CCCCC1.[Ag+].[CH3-]. The zero-order valence-electron chi connectivity index (χ0n) is 13.0. The monoisotopic (exact) mass is 409 g/mol. The Morgan fingerprint density at radius 2 is 1.23 bits per heavy atom. The fraction of sp³-hybridized carbons (Fsp3) is 0.667. The first-order valence-corrected chi connectivity index (χ1v) is 7.05. The predicted molar refractivity (Wildman–Crippen MR) is 82.4 cm³/mol. The Kier molecular flexibility index (Phi) is 21.9. The van der Waals surface area contributed by atoms with Gasteiger partial charge < -0.3 is 22.8 Å². The van der Waals surface area contributed by atoms with E-state index < -0.39 is 5.09 Å². The Morgan fingerprint density at radius 3 is 1.55 bits per heavy atom. The number of hydrogen-bond donors (Lipinski definition) is 3. The van der Waals surface area contributed by atoms with E-state index in [0.717, 1.165) is 25.7 Å². The summed E-state index contributed by atoms with van der Waals surface area (Å²) in [6.45, 7) is 0. The van der Waals surface area contributed by atoms with Crippen LogP contribution in [-0.2, 0) is 22.4 Å². The van der Waals surface area contributed by atoms with Crippen LogP contribution in [0.25, 0.3) is 0 Å². The van der Waals surface area contributed by atoms with Crippen LogP contribution in [0.15, 0.2) is 24.3 Å². The van der Waals surface area contributed by atoms with Crippen molar-refractivity contribution in [1.82, 2.24) is 0 Å². The predicted octanol–water partition coefficient (Wildman–Crippen LogP) is 3.06. The van der Waals surface area contributed by atoms with Crippen molar-refractivity contribution in [3.63, 3.8) is 0 Å². The van der Waals surface area contributed by atoms with Crippen molar-refractivity contribution in [2.24, 2.45) is 0 Å². The molecule has 0 aromatic rings. The van der Waals surface area contributed by atoms with E-state index in [1.54, 1.807) is 0 Å². The fourth-order valence-corrected chi connectivity index (χ4v) is 1.93. The van der Waals surface area contributed by atoms with Gasteiger partial charge in [0.25, 0.3) is 5.09 Å². The van der Waals surface area contributed by atoms with Gasteiger partial charge in [0.1, 0.15) is 0 Å². The summed E-state index contributed by atoms with van der Waals surface area (Å²) in [5.41, 5.74) is 0. The summed E-state index contributed by atoms with van der Waals surface area (Å²) in [5, 5.41) is 31.6. The van der Waals surface area contributed by atoms with E-state index in [2.05, 4.69) is 12.2 Å². The molecule has 0 aromatic heterocycles. The molecule has 0 radical (unpaired) electrons. The van der Waals surface area contributed by atoms with Crippen LogP contribution in [0.5, 0.6) is 0 Å². The minimum Gasteiger partial charge on any atom is -0.389 e. The fourth-order valence-electron chi connectivity index (χ4n) is 1.93. The molecule has 0 bridgehead atoms. The van der Waals surface area contributed by atoms with Crippen molar-refractivity contribution in [2.45, 2.75) is 63.6 Å². The molecule has 2 unspecified atom stereocenters. The molecular formula is C15H28AgNO5. The zero-order valence-corrected chi connectivity index (χ0v) is 14.5. The van der Waals surface area contributed by atoms with Crippen LogP contribution in [-0.4, -0.2) is 32.7 Å². The molecule has 2 rings (SSSR count). The van der Waals surface area contributed by atoms with Gasteiger partial charge in [-0.2, -0.15) is 0 Å². The van der Waals surface area contributed by atoms with Gasteiger partial charge in [-0.15, -0.1) is 10.1 Å². The molecule has 7 heteroatoms. The molecule has 0 fully saturated rings. The number of allylic oxidation sites excluding steroid dienone is 2. The Hall–Kier alpha value is -0.660. The van der Waals surface area contributed by atoms with Gasteiger partial charge in [-0.3, -0.25) is 0 Å². The Labute approximate surface area is 148 Å². The number of nitrogens with zero attached hydrogens (tertiary/aromatic N) is 1. The van der Waals surface area contributed by atoms with Crippen LogP contribution in [0.2, 0.25) is 0 Å². The molecule has 3 N–H and O–H groups in total. The second-order valence-corrected chi connectivity index (χ2v) is 4.80.